The van der Waals surface area contributed by atoms with Gasteiger partial charge in [0.05, 0.1) is 17.3 Å². The molecule has 0 unspecified atom stereocenters. The second-order valence-corrected chi connectivity index (χ2v) is 4.65. The Morgan fingerprint density at radius 3 is 2.20 bits per heavy atom. The van der Waals surface area contributed by atoms with E-state index < -0.39 is 0 Å². The predicted molar refractivity (Wildman–Crippen MR) is 73.4 cm³/mol. The van der Waals surface area contributed by atoms with Crippen LogP contribution < -0.4 is 4.74 Å². The van der Waals surface area contributed by atoms with Crippen LogP contribution >= 0.6 is 0 Å². The highest BCUT2D eigenvalue weighted by Gasteiger charge is 2.17. The molecule has 20 heavy (non-hydrogen) atoms. The monoisotopic (exact) mass is 266 g/mol. The van der Waals surface area contributed by atoms with Crippen molar-refractivity contribution in [3.8, 4) is 23.8 Å². The number of benzene rings is 1. The highest BCUT2D eigenvalue weighted by molar-refractivity contribution is 5.51. The lowest BCUT2D eigenvalue weighted by Gasteiger charge is -2.12. The summed E-state index contributed by atoms with van der Waals surface area (Å²) < 4.78 is 7.43. The number of nitriles is 2. The zero-order valence-corrected chi connectivity index (χ0v) is 11.9. The van der Waals surface area contributed by atoms with Crippen molar-refractivity contribution in [3.05, 3.63) is 40.1 Å². The standard InChI is InChI=1S/C15H14N4O/c1-9-5-12(7-16)6-10(2)14(9)20-15-13(8-17)11(3)18-19(15)4/h5-6H,1-4H3. The van der Waals surface area contributed by atoms with E-state index >= 15 is 0 Å². The first-order valence-electron chi connectivity index (χ1n) is 6.10. The minimum Gasteiger partial charge on any atom is -0.437 e. The second-order valence-electron chi connectivity index (χ2n) is 4.65. The van der Waals surface area contributed by atoms with Crippen molar-refractivity contribution in [2.24, 2.45) is 7.05 Å². The average Bonchev–Trinajstić information content (AvgIpc) is 2.67. The van der Waals surface area contributed by atoms with E-state index in [2.05, 4.69) is 17.2 Å². The summed E-state index contributed by atoms with van der Waals surface area (Å²) >= 11 is 0. The first-order valence-corrected chi connectivity index (χ1v) is 6.10. The molecule has 5 heteroatoms. The van der Waals surface area contributed by atoms with E-state index in [1.54, 1.807) is 30.8 Å². The molecule has 0 fully saturated rings. The van der Waals surface area contributed by atoms with Gasteiger partial charge in [0.1, 0.15) is 17.4 Å². The van der Waals surface area contributed by atoms with Crippen molar-refractivity contribution in [2.45, 2.75) is 20.8 Å². The maximum Gasteiger partial charge on any atom is 0.235 e. The summed E-state index contributed by atoms with van der Waals surface area (Å²) in [5, 5.41) is 22.3. The molecule has 2 rings (SSSR count). The van der Waals surface area contributed by atoms with Crippen LogP contribution in [0.4, 0.5) is 0 Å². The Kier molecular flexibility index (Phi) is 3.45. The second kappa shape index (κ2) is 5.07. The molecule has 1 aromatic carbocycles. The molecule has 0 aliphatic rings. The molecule has 0 saturated heterocycles. The Morgan fingerprint density at radius 1 is 1.10 bits per heavy atom. The molecule has 0 saturated carbocycles. The molecule has 0 atom stereocenters. The van der Waals surface area contributed by atoms with E-state index in [0.29, 0.717) is 28.5 Å². The fourth-order valence-electron chi connectivity index (χ4n) is 2.16. The Labute approximate surface area is 117 Å². The maximum atomic E-state index is 9.18. The molecule has 100 valence electrons. The van der Waals surface area contributed by atoms with Crippen LogP contribution in [-0.2, 0) is 7.05 Å². The molecule has 0 N–H and O–H groups in total. The molecule has 0 amide bonds. The zero-order valence-electron chi connectivity index (χ0n) is 11.9. The summed E-state index contributed by atoms with van der Waals surface area (Å²) in [6.07, 6.45) is 0. The Bertz CT molecular complexity index is 736. The first kappa shape index (κ1) is 13.6. The largest absolute Gasteiger partial charge is 0.437 e. The molecule has 0 aliphatic carbocycles. The fourth-order valence-corrected chi connectivity index (χ4v) is 2.16. The number of nitrogens with zero attached hydrogens (tertiary/aromatic N) is 4. The third-order valence-electron chi connectivity index (χ3n) is 3.07. The van der Waals surface area contributed by atoms with Gasteiger partial charge in [-0.25, -0.2) is 4.68 Å². The van der Waals surface area contributed by atoms with Crippen molar-refractivity contribution in [1.29, 1.82) is 10.5 Å². The number of ether oxygens (including phenoxy) is 1. The minimum absolute atomic E-state index is 0.418. The summed E-state index contributed by atoms with van der Waals surface area (Å²) in [5.74, 6) is 1.07. The molecule has 2 aromatic rings. The minimum atomic E-state index is 0.418. The van der Waals surface area contributed by atoms with Gasteiger partial charge < -0.3 is 4.74 Å². The lowest BCUT2D eigenvalue weighted by molar-refractivity contribution is 0.424. The number of aryl methyl sites for hydroxylation is 4. The van der Waals surface area contributed by atoms with Crippen LogP contribution in [0.2, 0.25) is 0 Å². The average molecular weight is 266 g/mol. The van der Waals surface area contributed by atoms with Crippen molar-refractivity contribution < 1.29 is 4.74 Å². The van der Waals surface area contributed by atoms with Crippen molar-refractivity contribution >= 4 is 0 Å². The van der Waals surface area contributed by atoms with E-state index in [1.807, 2.05) is 13.8 Å². The summed E-state index contributed by atoms with van der Waals surface area (Å²) in [5.41, 5.74) is 3.35. The quantitative estimate of drug-likeness (QED) is 0.837. The van der Waals surface area contributed by atoms with Crippen LogP contribution in [-0.4, -0.2) is 9.78 Å². The molecule has 5 nitrogen and oxygen atoms in total. The van der Waals surface area contributed by atoms with Gasteiger partial charge in [-0.05, 0) is 44.0 Å². The van der Waals surface area contributed by atoms with Crippen LogP contribution in [0.3, 0.4) is 0 Å². The molecular formula is C15H14N4O. The molecular weight excluding hydrogens is 252 g/mol. The van der Waals surface area contributed by atoms with E-state index in [1.165, 1.54) is 0 Å². The lowest BCUT2D eigenvalue weighted by Crippen LogP contribution is -1.99. The highest BCUT2D eigenvalue weighted by atomic mass is 16.5. The summed E-state index contributed by atoms with van der Waals surface area (Å²) in [7, 11) is 1.73. The maximum absolute atomic E-state index is 9.18. The normalized spacial score (nSPS) is 9.90. The Hall–Kier alpha value is -2.79. The van der Waals surface area contributed by atoms with Crippen molar-refractivity contribution in [3.63, 3.8) is 0 Å². The van der Waals surface area contributed by atoms with E-state index in [-0.39, 0.29) is 0 Å². The van der Waals surface area contributed by atoms with Crippen molar-refractivity contribution in [2.75, 3.05) is 0 Å². The first-order chi connectivity index (χ1) is 9.47. The zero-order chi connectivity index (χ0) is 14.9. The van der Waals surface area contributed by atoms with Crippen LogP contribution in [0.5, 0.6) is 11.6 Å². The smallest absolute Gasteiger partial charge is 0.235 e. The topological polar surface area (TPSA) is 74.6 Å². The number of hydrogen-bond donors (Lipinski definition) is 0. The molecule has 1 aromatic heterocycles. The molecule has 0 radical (unpaired) electrons. The van der Waals surface area contributed by atoms with Gasteiger partial charge in [-0.15, -0.1) is 0 Å². The summed E-state index contributed by atoms with van der Waals surface area (Å²) in [6, 6.07) is 7.74. The van der Waals surface area contributed by atoms with E-state index in [9.17, 15) is 5.26 Å². The molecule has 1 heterocycles. The third-order valence-corrected chi connectivity index (χ3v) is 3.07. The van der Waals surface area contributed by atoms with Crippen LogP contribution in [0.25, 0.3) is 0 Å². The van der Waals surface area contributed by atoms with Gasteiger partial charge in [0, 0.05) is 7.05 Å². The number of hydrogen-bond acceptors (Lipinski definition) is 4. The van der Waals surface area contributed by atoms with E-state index in [0.717, 1.165) is 11.1 Å². The summed E-state index contributed by atoms with van der Waals surface area (Å²) in [4.78, 5) is 0. The number of rotatable bonds is 2. The van der Waals surface area contributed by atoms with Gasteiger partial charge in [0.25, 0.3) is 0 Å². The molecule has 0 aliphatic heterocycles. The Balaban J connectivity index is 2.52. The van der Waals surface area contributed by atoms with Crippen LogP contribution in [0.15, 0.2) is 12.1 Å². The van der Waals surface area contributed by atoms with Gasteiger partial charge in [0.2, 0.25) is 5.88 Å². The molecule has 0 spiro atoms. The van der Waals surface area contributed by atoms with Crippen LogP contribution in [0, 0.1) is 43.4 Å². The highest BCUT2D eigenvalue weighted by Crippen LogP contribution is 2.32. The molecule has 0 bridgehead atoms. The number of aromatic nitrogens is 2. The lowest BCUT2D eigenvalue weighted by atomic mass is 10.1. The van der Waals surface area contributed by atoms with E-state index in [4.69, 9.17) is 10.00 Å². The van der Waals surface area contributed by atoms with Crippen molar-refractivity contribution in [1.82, 2.24) is 9.78 Å². The van der Waals surface area contributed by atoms with Gasteiger partial charge >= 0.3 is 0 Å². The predicted octanol–water partition coefficient (Wildman–Crippen LogP) is 2.88. The van der Waals surface area contributed by atoms with Gasteiger partial charge in [-0.1, -0.05) is 0 Å². The van der Waals surface area contributed by atoms with Gasteiger partial charge in [-0.2, -0.15) is 15.6 Å². The van der Waals surface area contributed by atoms with Gasteiger partial charge in [-0.3, -0.25) is 0 Å². The Morgan fingerprint density at radius 2 is 1.70 bits per heavy atom. The summed E-state index contributed by atoms with van der Waals surface area (Å²) in [6.45, 7) is 5.51. The third kappa shape index (κ3) is 2.22. The SMILES string of the molecule is Cc1cc(C#N)cc(C)c1Oc1c(C#N)c(C)nn1C. The fraction of sp³-hybridized carbons (Fsp3) is 0.267. The van der Waals surface area contributed by atoms with Crippen LogP contribution in [0.1, 0.15) is 27.9 Å². The van der Waals surface area contributed by atoms with Gasteiger partial charge in [0.15, 0.2) is 0 Å².